The van der Waals surface area contributed by atoms with Gasteiger partial charge in [-0.2, -0.15) is 5.10 Å². The predicted molar refractivity (Wildman–Crippen MR) is 52.0 cm³/mol. The van der Waals surface area contributed by atoms with Gasteiger partial charge in [-0.05, 0) is 20.8 Å². The van der Waals surface area contributed by atoms with Crippen molar-refractivity contribution in [2.75, 3.05) is 0 Å². The summed E-state index contributed by atoms with van der Waals surface area (Å²) in [6.07, 6.45) is 0.892. The molecule has 3 nitrogen and oxygen atoms in total. The summed E-state index contributed by atoms with van der Waals surface area (Å²) in [6, 6.07) is 0. The number of carbonyl (C=O) groups excluding carboxylic acids is 1. The number of carbonyl (C=O) groups is 1. The molecule has 1 rings (SSSR count). The molecule has 0 radical (unpaired) electrons. The van der Waals surface area contributed by atoms with E-state index in [-0.39, 0.29) is 0 Å². The summed E-state index contributed by atoms with van der Waals surface area (Å²) in [6.45, 7) is 5.51. The van der Waals surface area contributed by atoms with Crippen LogP contribution in [-0.4, -0.2) is 16.1 Å². The lowest BCUT2D eigenvalue weighted by atomic mass is 9.87. The highest BCUT2D eigenvalue weighted by molar-refractivity contribution is 6.30. The maximum Gasteiger partial charge on any atom is 0.131 e. The molecule has 1 aromatic heterocycles. The maximum absolute atomic E-state index is 10.8. The van der Waals surface area contributed by atoms with Crippen molar-refractivity contribution in [3.05, 3.63) is 16.4 Å². The standard InChI is InChI=1S/C9H13ClN2O/c1-6-7(9(2,3)5-13)8(10)12(4)11-6/h5H,1-4H3. The number of aryl methyl sites for hydroxylation is 2. The first-order chi connectivity index (χ1) is 5.90. The second kappa shape index (κ2) is 3.14. The Kier molecular flexibility index (Phi) is 2.48. The van der Waals surface area contributed by atoms with Crippen LogP contribution in [0.2, 0.25) is 5.15 Å². The number of nitrogens with zero attached hydrogens (tertiary/aromatic N) is 2. The number of hydrogen-bond acceptors (Lipinski definition) is 2. The van der Waals surface area contributed by atoms with E-state index in [2.05, 4.69) is 5.10 Å². The van der Waals surface area contributed by atoms with Crippen molar-refractivity contribution in [1.29, 1.82) is 0 Å². The van der Waals surface area contributed by atoms with Crippen molar-refractivity contribution in [2.45, 2.75) is 26.2 Å². The van der Waals surface area contributed by atoms with Gasteiger partial charge in [0, 0.05) is 12.6 Å². The van der Waals surface area contributed by atoms with Gasteiger partial charge in [0.1, 0.15) is 11.4 Å². The van der Waals surface area contributed by atoms with Crippen LogP contribution in [0.15, 0.2) is 0 Å². The van der Waals surface area contributed by atoms with Crippen LogP contribution in [0.3, 0.4) is 0 Å². The van der Waals surface area contributed by atoms with Crippen molar-refractivity contribution in [2.24, 2.45) is 7.05 Å². The first-order valence-electron chi connectivity index (χ1n) is 4.06. The van der Waals surface area contributed by atoms with Crippen molar-refractivity contribution in [3.8, 4) is 0 Å². The second-order valence-corrected chi connectivity index (χ2v) is 4.07. The molecule has 72 valence electrons. The van der Waals surface area contributed by atoms with Crippen LogP contribution >= 0.6 is 11.6 Å². The van der Waals surface area contributed by atoms with E-state index < -0.39 is 5.41 Å². The van der Waals surface area contributed by atoms with E-state index in [9.17, 15) is 4.79 Å². The highest BCUT2D eigenvalue weighted by atomic mass is 35.5. The highest BCUT2D eigenvalue weighted by Crippen LogP contribution is 2.30. The first-order valence-corrected chi connectivity index (χ1v) is 4.44. The maximum atomic E-state index is 10.8. The van der Waals surface area contributed by atoms with Gasteiger partial charge in [-0.15, -0.1) is 0 Å². The normalized spacial score (nSPS) is 11.8. The predicted octanol–water partition coefficient (Wildman–Crippen LogP) is 1.86. The molecule has 0 aliphatic carbocycles. The summed E-state index contributed by atoms with van der Waals surface area (Å²) in [5, 5.41) is 4.69. The van der Waals surface area contributed by atoms with Gasteiger partial charge in [-0.3, -0.25) is 4.68 Å². The minimum Gasteiger partial charge on any atom is -0.302 e. The molecule has 0 aliphatic heterocycles. The molecule has 1 heterocycles. The third-order valence-electron chi connectivity index (χ3n) is 2.09. The van der Waals surface area contributed by atoms with Gasteiger partial charge in [-0.1, -0.05) is 11.6 Å². The smallest absolute Gasteiger partial charge is 0.131 e. The fourth-order valence-corrected chi connectivity index (χ4v) is 1.84. The van der Waals surface area contributed by atoms with E-state index in [0.717, 1.165) is 17.5 Å². The van der Waals surface area contributed by atoms with E-state index in [0.29, 0.717) is 5.15 Å². The van der Waals surface area contributed by atoms with Crippen LogP contribution in [0, 0.1) is 6.92 Å². The van der Waals surface area contributed by atoms with E-state index in [1.165, 1.54) is 0 Å². The summed E-state index contributed by atoms with van der Waals surface area (Å²) in [4.78, 5) is 10.8. The van der Waals surface area contributed by atoms with Crippen LogP contribution < -0.4 is 0 Å². The fraction of sp³-hybridized carbons (Fsp3) is 0.556. The van der Waals surface area contributed by atoms with Crippen molar-refractivity contribution in [1.82, 2.24) is 9.78 Å². The lowest BCUT2D eigenvalue weighted by Gasteiger charge is -2.16. The molecule has 0 fully saturated rings. The molecular formula is C9H13ClN2O. The van der Waals surface area contributed by atoms with Gasteiger partial charge < -0.3 is 4.79 Å². The molecule has 0 amide bonds. The number of rotatable bonds is 2. The van der Waals surface area contributed by atoms with Crippen molar-refractivity contribution < 1.29 is 4.79 Å². The molecule has 13 heavy (non-hydrogen) atoms. The van der Waals surface area contributed by atoms with Crippen LogP contribution in [0.5, 0.6) is 0 Å². The highest BCUT2D eigenvalue weighted by Gasteiger charge is 2.27. The van der Waals surface area contributed by atoms with Crippen LogP contribution in [0.4, 0.5) is 0 Å². The molecule has 1 aromatic rings. The Labute approximate surface area is 82.7 Å². The first kappa shape index (κ1) is 10.3. The number of hydrogen-bond donors (Lipinski definition) is 0. The second-order valence-electron chi connectivity index (χ2n) is 3.71. The summed E-state index contributed by atoms with van der Waals surface area (Å²) >= 11 is 6.02. The summed E-state index contributed by atoms with van der Waals surface area (Å²) in [5.74, 6) is 0. The van der Waals surface area contributed by atoms with Gasteiger partial charge >= 0.3 is 0 Å². The average molecular weight is 201 g/mol. The molecule has 0 saturated carbocycles. The largest absolute Gasteiger partial charge is 0.302 e. The molecule has 4 heteroatoms. The van der Waals surface area contributed by atoms with Gasteiger partial charge in [0.15, 0.2) is 0 Å². The zero-order valence-electron chi connectivity index (χ0n) is 8.26. The van der Waals surface area contributed by atoms with Crippen molar-refractivity contribution in [3.63, 3.8) is 0 Å². The zero-order valence-corrected chi connectivity index (χ0v) is 9.01. The van der Waals surface area contributed by atoms with E-state index in [1.54, 1.807) is 11.7 Å². The van der Waals surface area contributed by atoms with E-state index in [4.69, 9.17) is 11.6 Å². The Bertz CT molecular complexity index is 342. The number of halogens is 1. The summed E-state index contributed by atoms with van der Waals surface area (Å²) in [7, 11) is 1.76. The van der Waals surface area contributed by atoms with E-state index in [1.807, 2.05) is 20.8 Å². The minimum atomic E-state index is -0.560. The van der Waals surface area contributed by atoms with Crippen LogP contribution in [0.1, 0.15) is 25.1 Å². The van der Waals surface area contributed by atoms with Gasteiger partial charge in [0.2, 0.25) is 0 Å². The summed E-state index contributed by atoms with van der Waals surface area (Å²) < 4.78 is 1.58. The topological polar surface area (TPSA) is 34.9 Å². The number of aromatic nitrogens is 2. The molecule has 0 aliphatic rings. The SMILES string of the molecule is Cc1nn(C)c(Cl)c1C(C)(C)C=O. The Hall–Kier alpha value is -0.830. The molecule has 0 atom stereocenters. The summed E-state index contributed by atoms with van der Waals surface area (Å²) in [5.41, 5.74) is 1.06. The lowest BCUT2D eigenvalue weighted by molar-refractivity contribution is -0.111. The molecular weight excluding hydrogens is 188 g/mol. The van der Waals surface area contributed by atoms with Gasteiger partial charge in [0.05, 0.1) is 11.1 Å². The van der Waals surface area contributed by atoms with Crippen LogP contribution in [-0.2, 0) is 17.3 Å². The Morgan fingerprint density at radius 2 is 2.08 bits per heavy atom. The van der Waals surface area contributed by atoms with Crippen molar-refractivity contribution >= 4 is 17.9 Å². The molecule has 0 unspecified atom stereocenters. The monoisotopic (exact) mass is 200 g/mol. The quantitative estimate of drug-likeness (QED) is 0.683. The average Bonchev–Trinajstić information content (AvgIpc) is 2.27. The molecule has 0 aromatic carbocycles. The van der Waals surface area contributed by atoms with Gasteiger partial charge in [0.25, 0.3) is 0 Å². The molecule has 0 saturated heterocycles. The van der Waals surface area contributed by atoms with Gasteiger partial charge in [-0.25, -0.2) is 0 Å². The van der Waals surface area contributed by atoms with Crippen LogP contribution in [0.25, 0.3) is 0 Å². The molecule has 0 bridgehead atoms. The van der Waals surface area contributed by atoms with E-state index >= 15 is 0 Å². The molecule has 0 N–H and O–H groups in total. The fourth-order valence-electron chi connectivity index (χ4n) is 1.42. The third kappa shape index (κ3) is 1.61. The Morgan fingerprint density at radius 1 is 1.54 bits per heavy atom. The third-order valence-corrected chi connectivity index (χ3v) is 2.52. The number of aldehydes is 1. The lowest BCUT2D eigenvalue weighted by Crippen LogP contribution is -2.19. The zero-order chi connectivity index (χ0) is 10.2. The Morgan fingerprint density at radius 3 is 2.38 bits per heavy atom. The Balaban J connectivity index is 3.36. The minimum absolute atomic E-state index is 0.537. The molecule has 0 spiro atoms.